The van der Waals surface area contributed by atoms with E-state index in [0.29, 0.717) is 0 Å². The summed E-state index contributed by atoms with van der Waals surface area (Å²) in [5.74, 6) is 0.746. The maximum atomic E-state index is 4.28. The monoisotopic (exact) mass is 268 g/mol. The van der Waals surface area contributed by atoms with Crippen LogP contribution in [0.1, 0.15) is 11.1 Å². The molecule has 0 bridgehead atoms. The average Bonchev–Trinajstić information content (AvgIpc) is 2.83. The lowest BCUT2D eigenvalue weighted by Gasteiger charge is -2.00. The second kappa shape index (κ2) is 5.16. The van der Waals surface area contributed by atoms with Crippen LogP contribution in [0.15, 0.2) is 47.1 Å². The zero-order chi connectivity index (χ0) is 13.1. The molecule has 0 unspecified atom stereocenters. The first-order valence-electron chi connectivity index (χ1n) is 5.87. The van der Waals surface area contributed by atoms with Crippen LogP contribution in [0.25, 0.3) is 10.2 Å². The predicted molar refractivity (Wildman–Crippen MR) is 79.8 cm³/mol. The van der Waals surface area contributed by atoms with E-state index in [1.165, 1.54) is 0 Å². The van der Waals surface area contributed by atoms with Gasteiger partial charge in [-0.15, -0.1) is 11.3 Å². The van der Waals surface area contributed by atoms with E-state index in [9.17, 15) is 0 Å². The Labute approximate surface area is 114 Å². The van der Waals surface area contributed by atoms with Crippen LogP contribution in [0.2, 0.25) is 0 Å². The summed E-state index contributed by atoms with van der Waals surface area (Å²) in [5.41, 5.74) is 6.17. The van der Waals surface area contributed by atoms with Gasteiger partial charge in [0.25, 0.3) is 0 Å². The van der Waals surface area contributed by atoms with Gasteiger partial charge in [-0.2, -0.15) is 5.10 Å². The summed E-state index contributed by atoms with van der Waals surface area (Å²) in [4.78, 5) is 8.50. The van der Waals surface area contributed by atoms with Crippen LogP contribution in [0.3, 0.4) is 0 Å². The lowest BCUT2D eigenvalue weighted by molar-refractivity contribution is 1.18. The van der Waals surface area contributed by atoms with Crippen LogP contribution in [0, 0.1) is 6.92 Å². The van der Waals surface area contributed by atoms with Gasteiger partial charge in [-0.05, 0) is 23.4 Å². The van der Waals surface area contributed by atoms with Crippen molar-refractivity contribution in [2.75, 3.05) is 5.43 Å². The zero-order valence-corrected chi connectivity index (χ0v) is 11.2. The van der Waals surface area contributed by atoms with Crippen molar-refractivity contribution in [1.29, 1.82) is 0 Å². The average molecular weight is 268 g/mol. The molecule has 0 spiro atoms. The Balaban J connectivity index is 1.84. The molecule has 0 amide bonds. The van der Waals surface area contributed by atoms with E-state index in [-0.39, 0.29) is 0 Å². The molecule has 0 aliphatic carbocycles. The van der Waals surface area contributed by atoms with Gasteiger partial charge in [0.2, 0.25) is 0 Å². The minimum absolute atomic E-state index is 0.746. The summed E-state index contributed by atoms with van der Waals surface area (Å²) >= 11 is 1.63. The molecular formula is C14H12N4S. The van der Waals surface area contributed by atoms with Crippen molar-refractivity contribution in [3.8, 4) is 0 Å². The topological polar surface area (TPSA) is 50.2 Å². The minimum Gasteiger partial charge on any atom is -0.260 e. The summed E-state index contributed by atoms with van der Waals surface area (Å²) in [6.45, 7) is 2.04. The lowest BCUT2D eigenvalue weighted by atomic mass is 10.2. The smallest absolute Gasteiger partial charge is 0.167 e. The number of benzene rings is 1. The van der Waals surface area contributed by atoms with Gasteiger partial charge in [0, 0.05) is 0 Å². The first-order chi connectivity index (χ1) is 9.34. The Morgan fingerprint density at radius 3 is 2.89 bits per heavy atom. The third-order valence-corrected chi connectivity index (χ3v) is 3.81. The fraction of sp³-hybridized carbons (Fsp3) is 0.0714. The van der Waals surface area contributed by atoms with Crippen molar-refractivity contribution in [1.82, 2.24) is 9.97 Å². The van der Waals surface area contributed by atoms with Crippen molar-refractivity contribution in [3.63, 3.8) is 0 Å². The lowest BCUT2D eigenvalue weighted by Crippen LogP contribution is -1.94. The Morgan fingerprint density at radius 2 is 2.05 bits per heavy atom. The second-order valence-corrected chi connectivity index (χ2v) is 4.98. The van der Waals surface area contributed by atoms with Crippen molar-refractivity contribution < 1.29 is 0 Å². The number of aryl methyl sites for hydroxylation is 1. The molecule has 1 N–H and O–H groups in total. The maximum Gasteiger partial charge on any atom is 0.167 e. The van der Waals surface area contributed by atoms with Crippen LogP contribution in [-0.2, 0) is 0 Å². The van der Waals surface area contributed by atoms with E-state index in [2.05, 4.69) is 25.9 Å². The number of nitrogens with zero attached hydrogens (tertiary/aromatic N) is 3. The van der Waals surface area contributed by atoms with E-state index in [1.807, 2.05) is 37.3 Å². The van der Waals surface area contributed by atoms with E-state index in [0.717, 1.165) is 27.2 Å². The number of rotatable bonds is 3. The van der Waals surface area contributed by atoms with Gasteiger partial charge in [-0.1, -0.05) is 30.3 Å². The molecule has 3 rings (SSSR count). The highest BCUT2D eigenvalue weighted by Gasteiger charge is 2.06. The van der Waals surface area contributed by atoms with Crippen molar-refractivity contribution in [2.45, 2.75) is 6.92 Å². The summed E-state index contributed by atoms with van der Waals surface area (Å²) in [6, 6.07) is 9.93. The molecule has 94 valence electrons. The third kappa shape index (κ3) is 2.46. The fourth-order valence-corrected chi connectivity index (χ4v) is 2.70. The summed E-state index contributed by atoms with van der Waals surface area (Å²) in [7, 11) is 0. The Kier molecular flexibility index (Phi) is 3.20. The number of hydrogen-bond donors (Lipinski definition) is 1. The largest absolute Gasteiger partial charge is 0.260 e. The summed E-state index contributed by atoms with van der Waals surface area (Å²) in [6.07, 6.45) is 3.33. The highest BCUT2D eigenvalue weighted by molar-refractivity contribution is 7.18. The van der Waals surface area contributed by atoms with E-state index in [1.54, 1.807) is 23.9 Å². The third-order valence-electron chi connectivity index (χ3n) is 2.71. The van der Waals surface area contributed by atoms with Crippen molar-refractivity contribution in [3.05, 3.63) is 53.2 Å². The Bertz CT molecular complexity index is 719. The number of fused-ring (bicyclic) bond motifs is 1. The molecular weight excluding hydrogens is 256 g/mol. The van der Waals surface area contributed by atoms with Crippen LogP contribution >= 0.6 is 11.3 Å². The maximum absolute atomic E-state index is 4.28. The Hall–Kier alpha value is -2.27. The van der Waals surface area contributed by atoms with E-state index >= 15 is 0 Å². The molecule has 0 aliphatic rings. The molecule has 19 heavy (non-hydrogen) atoms. The number of anilines is 1. The molecule has 0 saturated heterocycles. The van der Waals surface area contributed by atoms with Gasteiger partial charge in [-0.3, -0.25) is 5.43 Å². The molecule has 0 radical (unpaired) electrons. The van der Waals surface area contributed by atoms with Crippen molar-refractivity contribution >= 4 is 33.6 Å². The molecule has 4 nitrogen and oxygen atoms in total. The molecule has 0 saturated carbocycles. The van der Waals surface area contributed by atoms with Crippen LogP contribution < -0.4 is 5.43 Å². The SMILES string of the molecule is Cc1csc2c(N/N=C/c3ccccc3)ncnc12. The minimum atomic E-state index is 0.746. The number of hydrazone groups is 1. The number of aromatic nitrogens is 2. The van der Waals surface area contributed by atoms with Gasteiger partial charge in [-0.25, -0.2) is 9.97 Å². The van der Waals surface area contributed by atoms with Crippen LogP contribution in [-0.4, -0.2) is 16.2 Å². The molecule has 0 aliphatic heterocycles. The van der Waals surface area contributed by atoms with Gasteiger partial charge >= 0.3 is 0 Å². The van der Waals surface area contributed by atoms with E-state index < -0.39 is 0 Å². The standard InChI is InChI=1S/C14H12N4S/c1-10-8-19-13-12(10)15-9-16-14(13)18-17-7-11-5-3-2-4-6-11/h2-9H,1H3,(H,15,16,18)/b17-7+. The summed E-state index contributed by atoms with van der Waals surface area (Å²) < 4.78 is 1.03. The van der Waals surface area contributed by atoms with Crippen LogP contribution in [0.5, 0.6) is 0 Å². The van der Waals surface area contributed by atoms with Crippen LogP contribution in [0.4, 0.5) is 5.82 Å². The fourth-order valence-electron chi connectivity index (χ4n) is 1.76. The van der Waals surface area contributed by atoms with E-state index in [4.69, 9.17) is 0 Å². The Morgan fingerprint density at radius 1 is 1.21 bits per heavy atom. The number of nitrogens with one attached hydrogen (secondary N) is 1. The highest BCUT2D eigenvalue weighted by atomic mass is 32.1. The molecule has 2 heterocycles. The highest BCUT2D eigenvalue weighted by Crippen LogP contribution is 2.28. The van der Waals surface area contributed by atoms with Gasteiger partial charge in [0.05, 0.1) is 16.4 Å². The van der Waals surface area contributed by atoms with Gasteiger partial charge in [0.15, 0.2) is 5.82 Å². The van der Waals surface area contributed by atoms with Gasteiger partial charge < -0.3 is 0 Å². The molecule has 0 fully saturated rings. The quantitative estimate of drug-likeness (QED) is 0.584. The second-order valence-electron chi connectivity index (χ2n) is 4.10. The molecule has 5 heteroatoms. The van der Waals surface area contributed by atoms with Gasteiger partial charge in [0.1, 0.15) is 6.33 Å². The molecule has 1 aromatic carbocycles. The molecule has 2 aromatic heterocycles. The first-order valence-corrected chi connectivity index (χ1v) is 6.75. The zero-order valence-electron chi connectivity index (χ0n) is 10.4. The normalized spacial score (nSPS) is 11.2. The number of hydrogen-bond acceptors (Lipinski definition) is 5. The molecule has 0 atom stereocenters. The van der Waals surface area contributed by atoms with Crippen molar-refractivity contribution in [2.24, 2.45) is 5.10 Å². The molecule has 3 aromatic rings. The number of thiophene rings is 1. The summed E-state index contributed by atoms with van der Waals surface area (Å²) in [5, 5.41) is 6.29. The first kappa shape index (κ1) is 11.8. The predicted octanol–water partition coefficient (Wildman–Crippen LogP) is 3.45.